The van der Waals surface area contributed by atoms with Gasteiger partial charge in [-0.15, -0.1) is 24.0 Å². The smallest absolute Gasteiger partial charge is 0.191 e. The lowest BCUT2D eigenvalue weighted by atomic mass is 10.1. The second kappa shape index (κ2) is 13.8. The van der Waals surface area contributed by atoms with Crippen molar-refractivity contribution < 1.29 is 4.74 Å². The Labute approximate surface area is 210 Å². The summed E-state index contributed by atoms with van der Waals surface area (Å²) in [5.41, 5.74) is 3.47. The number of ether oxygens (including phenoxy) is 1. The molecule has 1 saturated heterocycles. The van der Waals surface area contributed by atoms with Crippen LogP contribution in [0, 0.1) is 12.8 Å². The van der Waals surface area contributed by atoms with Crippen LogP contribution in [0.4, 0.5) is 0 Å². The highest BCUT2D eigenvalue weighted by Crippen LogP contribution is 2.13. The van der Waals surface area contributed by atoms with Crippen molar-refractivity contribution in [2.75, 3.05) is 46.4 Å². The van der Waals surface area contributed by atoms with Crippen molar-refractivity contribution in [2.24, 2.45) is 10.9 Å². The van der Waals surface area contributed by atoms with E-state index in [1.54, 1.807) is 0 Å². The number of morpholine rings is 1. The number of nitrogens with zero attached hydrogens (tertiary/aromatic N) is 4. The zero-order valence-electron chi connectivity index (χ0n) is 19.9. The molecular weight excluding hydrogens is 515 g/mol. The zero-order chi connectivity index (χ0) is 22.1. The molecule has 0 bridgehead atoms. The van der Waals surface area contributed by atoms with Gasteiger partial charge in [-0.05, 0) is 43.4 Å². The number of para-hydroxylation sites is 1. The number of hydrogen-bond acceptors (Lipinski definition) is 4. The molecular formula is C24H39IN6O. The summed E-state index contributed by atoms with van der Waals surface area (Å²) >= 11 is 0. The predicted octanol–water partition coefficient (Wildman–Crippen LogP) is 3.25. The van der Waals surface area contributed by atoms with Gasteiger partial charge in [-0.3, -0.25) is 9.89 Å². The first-order chi connectivity index (χ1) is 15.0. The first-order valence-electron chi connectivity index (χ1n) is 11.4. The normalized spacial score (nSPS) is 17.3. The van der Waals surface area contributed by atoms with Gasteiger partial charge in [0, 0.05) is 46.0 Å². The van der Waals surface area contributed by atoms with Crippen molar-refractivity contribution in [3.63, 3.8) is 0 Å². The minimum Gasteiger partial charge on any atom is -0.374 e. The quantitative estimate of drug-likeness (QED) is 0.216. The molecule has 2 aromatic rings. The minimum absolute atomic E-state index is 0. The summed E-state index contributed by atoms with van der Waals surface area (Å²) in [6, 6.07) is 10.2. The molecule has 0 aliphatic carbocycles. The lowest BCUT2D eigenvalue weighted by Crippen LogP contribution is -2.50. The van der Waals surface area contributed by atoms with Gasteiger partial charge in [-0.25, -0.2) is 4.68 Å². The van der Waals surface area contributed by atoms with Crippen LogP contribution in [0.3, 0.4) is 0 Å². The topological polar surface area (TPSA) is 66.7 Å². The fourth-order valence-corrected chi connectivity index (χ4v) is 3.96. The number of aryl methyl sites for hydroxylation is 2. The number of benzene rings is 1. The molecule has 1 aromatic heterocycles. The van der Waals surface area contributed by atoms with Gasteiger partial charge < -0.3 is 15.4 Å². The van der Waals surface area contributed by atoms with E-state index in [1.165, 1.54) is 5.56 Å². The van der Waals surface area contributed by atoms with Gasteiger partial charge in [0.15, 0.2) is 5.96 Å². The summed E-state index contributed by atoms with van der Waals surface area (Å²) in [4.78, 5) is 6.85. The SMILES string of the molecule is CN=C(NCCCc1cn(-c2ccccc2)nc1C)NCC1CN(CC(C)C)CCO1.I. The molecule has 7 nitrogen and oxygen atoms in total. The highest BCUT2D eigenvalue weighted by Gasteiger charge is 2.21. The van der Waals surface area contributed by atoms with Crippen LogP contribution in [0.15, 0.2) is 41.5 Å². The minimum atomic E-state index is 0. The molecule has 8 heteroatoms. The third-order valence-electron chi connectivity index (χ3n) is 5.50. The molecule has 3 rings (SSSR count). The number of nitrogens with one attached hydrogen (secondary N) is 2. The molecule has 1 aromatic carbocycles. The molecule has 2 N–H and O–H groups in total. The van der Waals surface area contributed by atoms with E-state index < -0.39 is 0 Å². The Hall–Kier alpha value is -1.65. The fourth-order valence-electron chi connectivity index (χ4n) is 3.96. The Morgan fingerprint density at radius 1 is 1.25 bits per heavy atom. The Morgan fingerprint density at radius 3 is 2.75 bits per heavy atom. The van der Waals surface area contributed by atoms with Crippen LogP contribution in [0.1, 0.15) is 31.5 Å². The molecule has 0 amide bonds. The highest BCUT2D eigenvalue weighted by molar-refractivity contribution is 14.0. The van der Waals surface area contributed by atoms with Gasteiger partial charge in [-0.2, -0.15) is 5.10 Å². The Morgan fingerprint density at radius 2 is 2.03 bits per heavy atom. The fraction of sp³-hybridized carbons (Fsp3) is 0.583. The largest absolute Gasteiger partial charge is 0.374 e. The van der Waals surface area contributed by atoms with Crippen LogP contribution < -0.4 is 10.6 Å². The predicted molar refractivity (Wildman–Crippen MR) is 142 cm³/mol. The van der Waals surface area contributed by atoms with Crippen molar-refractivity contribution in [1.29, 1.82) is 0 Å². The Kier molecular flexibility index (Phi) is 11.5. The van der Waals surface area contributed by atoms with Crippen molar-refractivity contribution in [1.82, 2.24) is 25.3 Å². The van der Waals surface area contributed by atoms with E-state index in [1.807, 2.05) is 29.9 Å². The van der Waals surface area contributed by atoms with Gasteiger partial charge in [-0.1, -0.05) is 32.0 Å². The standard InChI is InChI=1S/C24H38N6O.HI/c1-19(2)16-29-13-14-31-23(18-29)15-27-24(25-4)26-12-8-9-21-17-30(28-20(21)3)22-10-6-5-7-11-22;/h5-7,10-11,17,19,23H,8-9,12-16,18H2,1-4H3,(H2,25,26,27);1H. The van der Waals surface area contributed by atoms with Crippen LogP contribution >= 0.6 is 24.0 Å². The molecule has 1 aliphatic heterocycles. The number of guanidine groups is 1. The van der Waals surface area contributed by atoms with Crippen LogP contribution in [0.5, 0.6) is 0 Å². The van der Waals surface area contributed by atoms with Gasteiger partial charge in [0.05, 0.1) is 24.1 Å². The van der Waals surface area contributed by atoms with E-state index in [9.17, 15) is 0 Å². The molecule has 178 valence electrons. The number of aliphatic imine (C=N–C) groups is 1. The number of hydrogen-bond donors (Lipinski definition) is 2. The molecule has 32 heavy (non-hydrogen) atoms. The molecule has 1 atom stereocenters. The summed E-state index contributed by atoms with van der Waals surface area (Å²) in [5.74, 6) is 1.52. The average Bonchev–Trinajstić information content (AvgIpc) is 3.14. The second-order valence-electron chi connectivity index (χ2n) is 8.65. The molecule has 0 spiro atoms. The summed E-state index contributed by atoms with van der Waals surface area (Å²) in [5, 5.41) is 11.5. The van der Waals surface area contributed by atoms with Crippen LogP contribution in [-0.2, 0) is 11.2 Å². The van der Waals surface area contributed by atoms with Gasteiger partial charge >= 0.3 is 0 Å². The van der Waals surface area contributed by atoms with E-state index in [0.29, 0.717) is 5.92 Å². The van der Waals surface area contributed by atoms with Crippen molar-refractivity contribution in [3.05, 3.63) is 47.8 Å². The van der Waals surface area contributed by atoms with Crippen molar-refractivity contribution in [3.8, 4) is 5.69 Å². The van der Waals surface area contributed by atoms with E-state index in [4.69, 9.17) is 4.74 Å². The monoisotopic (exact) mass is 554 g/mol. The number of halogens is 1. The summed E-state index contributed by atoms with van der Waals surface area (Å²) in [6.45, 7) is 12.2. The maximum Gasteiger partial charge on any atom is 0.191 e. The Bertz CT molecular complexity index is 823. The van der Waals surface area contributed by atoms with E-state index in [-0.39, 0.29) is 30.1 Å². The third kappa shape index (κ3) is 8.37. The van der Waals surface area contributed by atoms with Gasteiger partial charge in [0.2, 0.25) is 0 Å². The number of aromatic nitrogens is 2. The third-order valence-corrected chi connectivity index (χ3v) is 5.50. The zero-order valence-corrected chi connectivity index (χ0v) is 22.2. The van der Waals surface area contributed by atoms with Crippen LogP contribution in [0.2, 0.25) is 0 Å². The summed E-state index contributed by atoms with van der Waals surface area (Å²) < 4.78 is 7.89. The van der Waals surface area contributed by atoms with Crippen LogP contribution in [0.25, 0.3) is 5.69 Å². The molecule has 1 unspecified atom stereocenters. The van der Waals surface area contributed by atoms with Crippen molar-refractivity contribution in [2.45, 2.75) is 39.7 Å². The second-order valence-corrected chi connectivity index (χ2v) is 8.65. The maximum absolute atomic E-state index is 5.92. The maximum atomic E-state index is 5.92. The van der Waals surface area contributed by atoms with Crippen LogP contribution in [-0.4, -0.2) is 73.1 Å². The molecule has 1 aliphatic rings. The summed E-state index contributed by atoms with van der Waals surface area (Å²) in [7, 11) is 1.82. The lowest BCUT2D eigenvalue weighted by molar-refractivity contribution is -0.0284. The first-order valence-corrected chi connectivity index (χ1v) is 11.4. The van der Waals surface area contributed by atoms with E-state index in [0.717, 1.165) is 69.5 Å². The molecule has 0 saturated carbocycles. The molecule has 2 heterocycles. The molecule has 1 fully saturated rings. The van der Waals surface area contributed by atoms with E-state index in [2.05, 4.69) is 64.7 Å². The Balaban J connectivity index is 0.00000363. The van der Waals surface area contributed by atoms with Gasteiger partial charge in [0.1, 0.15) is 0 Å². The highest BCUT2D eigenvalue weighted by atomic mass is 127. The van der Waals surface area contributed by atoms with Gasteiger partial charge in [0.25, 0.3) is 0 Å². The van der Waals surface area contributed by atoms with Crippen molar-refractivity contribution >= 4 is 29.9 Å². The number of rotatable bonds is 9. The average molecular weight is 555 g/mol. The first kappa shape index (κ1) is 26.6. The van der Waals surface area contributed by atoms with E-state index >= 15 is 0 Å². The molecule has 0 radical (unpaired) electrons. The lowest BCUT2D eigenvalue weighted by Gasteiger charge is -2.34. The summed E-state index contributed by atoms with van der Waals surface area (Å²) in [6.07, 6.45) is 4.35.